The van der Waals surface area contributed by atoms with E-state index in [2.05, 4.69) is 51.5 Å². The normalized spacial score (nSPS) is 17.7. The molecule has 1 aliphatic heterocycles. The summed E-state index contributed by atoms with van der Waals surface area (Å²) in [6.45, 7) is 1.57. The van der Waals surface area contributed by atoms with Gasteiger partial charge < -0.3 is 5.73 Å². The molecule has 1 aliphatic rings. The van der Waals surface area contributed by atoms with Gasteiger partial charge in [0.05, 0.1) is 17.9 Å². The fourth-order valence-corrected chi connectivity index (χ4v) is 3.86. The SMILES string of the molecule is NC(=O)C1CCCCN1Cc1cn[nH]c1-c1ccc(-c2ccccc2)cc1. The molecule has 1 saturated heterocycles. The predicted octanol–water partition coefficient (Wildman–Crippen LogP) is 3.58. The largest absolute Gasteiger partial charge is 0.368 e. The number of H-pyrrole nitrogens is 1. The highest BCUT2D eigenvalue weighted by Gasteiger charge is 2.27. The van der Waals surface area contributed by atoms with Gasteiger partial charge >= 0.3 is 0 Å². The standard InChI is InChI=1S/C22H24N4O/c23-22(27)20-8-4-5-13-26(20)15-19-14-24-25-21(19)18-11-9-17(10-12-18)16-6-2-1-3-7-16/h1-3,6-7,9-12,14,20H,4-5,8,13,15H2,(H2,23,27)(H,24,25). The maximum atomic E-state index is 11.8. The molecule has 0 radical (unpaired) electrons. The summed E-state index contributed by atoms with van der Waals surface area (Å²) in [6.07, 6.45) is 4.85. The highest BCUT2D eigenvalue weighted by Crippen LogP contribution is 2.28. The van der Waals surface area contributed by atoms with Gasteiger partial charge in [0.25, 0.3) is 0 Å². The molecule has 3 aromatic rings. The summed E-state index contributed by atoms with van der Waals surface area (Å²) in [5, 5.41) is 7.37. The summed E-state index contributed by atoms with van der Waals surface area (Å²) < 4.78 is 0. The van der Waals surface area contributed by atoms with Crippen LogP contribution in [0.3, 0.4) is 0 Å². The molecule has 5 nitrogen and oxygen atoms in total. The number of hydrogen-bond donors (Lipinski definition) is 2. The molecule has 1 unspecified atom stereocenters. The number of rotatable bonds is 5. The molecule has 27 heavy (non-hydrogen) atoms. The van der Waals surface area contributed by atoms with Gasteiger partial charge in [-0.3, -0.25) is 14.8 Å². The van der Waals surface area contributed by atoms with Crippen molar-refractivity contribution in [3.8, 4) is 22.4 Å². The van der Waals surface area contributed by atoms with E-state index in [-0.39, 0.29) is 11.9 Å². The van der Waals surface area contributed by atoms with Gasteiger partial charge in [-0.2, -0.15) is 5.10 Å². The number of nitrogens with zero attached hydrogens (tertiary/aromatic N) is 2. The molecule has 2 heterocycles. The van der Waals surface area contributed by atoms with Crippen LogP contribution in [0, 0.1) is 0 Å². The highest BCUT2D eigenvalue weighted by molar-refractivity contribution is 5.80. The van der Waals surface area contributed by atoms with Crippen LogP contribution in [-0.2, 0) is 11.3 Å². The maximum Gasteiger partial charge on any atom is 0.234 e. The number of piperidine rings is 1. The fourth-order valence-electron chi connectivity index (χ4n) is 3.86. The van der Waals surface area contributed by atoms with Crippen LogP contribution in [0.15, 0.2) is 60.8 Å². The van der Waals surface area contributed by atoms with Crippen LogP contribution in [0.4, 0.5) is 0 Å². The lowest BCUT2D eigenvalue weighted by Gasteiger charge is -2.33. The van der Waals surface area contributed by atoms with E-state index in [0.29, 0.717) is 6.54 Å². The lowest BCUT2D eigenvalue weighted by atomic mass is 9.99. The number of likely N-dealkylation sites (tertiary alicyclic amines) is 1. The van der Waals surface area contributed by atoms with E-state index in [9.17, 15) is 4.79 Å². The molecule has 3 N–H and O–H groups in total. The van der Waals surface area contributed by atoms with Crippen molar-refractivity contribution in [2.75, 3.05) is 6.54 Å². The van der Waals surface area contributed by atoms with Crippen LogP contribution in [0.2, 0.25) is 0 Å². The number of primary amides is 1. The summed E-state index contributed by atoms with van der Waals surface area (Å²) in [4.78, 5) is 14.0. The smallest absolute Gasteiger partial charge is 0.234 e. The summed E-state index contributed by atoms with van der Waals surface area (Å²) in [5.74, 6) is -0.230. The third kappa shape index (κ3) is 3.78. The first kappa shape index (κ1) is 17.5. The molecule has 1 fully saturated rings. The number of nitrogens with two attached hydrogens (primary N) is 1. The van der Waals surface area contributed by atoms with Crippen molar-refractivity contribution in [2.24, 2.45) is 5.73 Å². The number of benzene rings is 2. The van der Waals surface area contributed by atoms with Crippen LogP contribution in [0.5, 0.6) is 0 Å². The van der Waals surface area contributed by atoms with Gasteiger partial charge in [0.1, 0.15) is 0 Å². The van der Waals surface area contributed by atoms with Crippen LogP contribution in [0.25, 0.3) is 22.4 Å². The lowest BCUT2D eigenvalue weighted by molar-refractivity contribution is -0.124. The second-order valence-corrected chi connectivity index (χ2v) is 7.10. The summed E-state index contributed by atoms with van der Waals surface area (Å²) in [7, 11) is 0. The van der Waals surface area contributed by atoms with E-state index in [1.165, 1.54) is 11.1 Å². The van der Waals surface area contributed by atoms with E-state index in [1.807, 2.05) is 24.4 Å². The molecule has 1 atom stereocenters. The van der Waals surface area contributed by atoms with E-state index in [4.69, 9.17) is 5.73 Å². The van der Waals surface area contributed by atoms with Gasteiger partial charge in [-0.15, -0.1) is 0 Å². The number of carbonyl (C=O) groups excluding carboxylic acids is 1. The number of hydrogen-bond acceptors (Lipinski definition) is 3. The van der Waals surface area contributed by atoms with Crippen LogP contribution >= 0.6 is 0 Å². The van der Waals surface area contributed by atoms with Crippen molar-refractivity contribution in [3.63, 3.8) is 0 Å². The molecule has 138 valence electrons. The Morgan fingerprint density at radius 1 is 1.04 bits per heavy atom. The lowest BCUT2D eigenvalue weighted by Crippen LogP contribution is -2.47. The van der Waals surface area contributed by atoms with Gasteiger partial charge in [-0.1, -0.05) is 61.0 Å². The second kappa shape index (κ2) is 7.76. The first-order valence-corrected chi connectivity index (χ1v) is 9.44. The zero-order valence-electron chi connectivity index (χ0n) is 15.3. The van der Waals surface area contributed by atoms with E-state index in [1.54, 1.807) is 0 Å². The third-order valence-electron chi connectivity index (χ3n) is 5.31. The van der Waals surface area contributed by atoms with Crippen molar-refractivity contribution in [3.05, 3.63) is 66.4 Å². The van der Waals surface area contributed by atoms with Crippen LogP contribution in [-0.4, -0.2) is 33.6 Å². The average molecular weight is 360 g/mol. The first-order chi connectivity index (χ1) is 13.2. The number of carbonyl (C=O) groups is 1. The van der Waals surface area contributed by atoms with Crippen LogP contribution in [0.1, 0.15) is 24.8 Å². The molecule has 0 spiro atoms. The minimum Gasteiger partial charge on any atom is -0.368 e. The van der Waals surface area contributed by atoms with Crippen molar-refractivity contribution in [1.29, 1.82) is 0 Å². The summed E-state index contributed by atoms with van der Waals surface area (Å²) in [5.41, 5.74) is 11.2. The molecular formula is C22H24N4O. The van der Waals surface area contributed by atoms with Crippen molar-refractivity contribution >= 4 is 5.91 Å². The van der Waals surface area contributed by atoms with Crippen molar-refractivity contribution in [1.82, 2.24) is 15.1 Å². The highest BCUT2D eigenvalue weighted by atomic mass is 16.1. The number of amides is 1. The molecule has 1 aromatic heterocycles. The Morgan fingerprint density at radius 3 is 2.48 bits per heavy atom. The second-order valence-electron chi connectivity index (χ2n) is 7.10. The number of aromatic nitrogens is 2. The van der Waals surface area contributed by atoms with Gasteiger partial charge in [-0.25, -0.2) is 0 Å². The molecule has 2 aromatic carbocycles. The molecule has 5 heteroatoms. The van der Waals surface area contributed by atoms with E-state index < -0.39 is 0 Å². The topological polar surface area (TPSA) is 75.0 Å². The van der Waals surface area contributed by atoms with Gasteiger partial charge in [0.15, 0.2) is 0 Å². The molecular weight excluding hydrogens is 336 g/mol. The minimum absolute atomic E-state index is 0.179. The van der Waals surface area contributed by atoms with Crippen molar-refractivity contribution in [2.45, 2.75) is 31.8 Å². The zero-order valence-corrected chi connectivity index (χ0v) is 15.3. The van der Waals surface area contributed by atoms with Gasteiger partial charge in [-0.05, 0) is 36.1 Å². The third-order valence-corrected chi connectivity index (χ3v) is 5.31. The molecule has 4 rings (SSSR count). The monoisotopic (exact) mass is 360 g/mol. The molecule has 1 amide bonds. The predicted molar refractivity (Wildman–Crippen MR) is 107 cm³/mol. The summed E-state index contributed by atoms with van der Waals surface area (Å²) >= 11 is 0. The van der Waals surface area contributed by atoms with Crippen molar-refractivity contribution < 1.29 is 4.79 Å². The Bertz CT molecular complexity index is 902. The zero-order chi connectivity index (χ0) is 18.6. The number of nitrogens with one attached hydrogen (secondary N) is 1. The average Bonchev–Trinajstić information content (AvgIpc) is 3.17. The molecule has 0 aliphatic carbocycles. The Morgan fingerprint density at radius 2 is 1.74 bits per heavy atom. The van der Waals surface area contributed by atoms with E-state index >= 15 is 0 Å². The van der Waals surface area contributed by atoms with Gasteiger partial charge in [0.2, 0.25) is 5.91 Å². The Kier molecular flexibility index (Phi) is 5.03. The quantitative estimate of drug-likeness (QED) is 0.730. The Labute approximate surface area is 159 Å². The fraction of sp³-hybridized carbons (Fsp3) is 0.273. The Balaban J connectivity index is 1.56. The maximum absolute atomic E-state index is 11.8. The van der Waals surface area contributed by atoms with E-state index in [0.717, 1.165) is 42.6 Å². The van der Waals surface area contributed by atoms with Gasteiger partial charge in [0, 0.05) is 12.1 Å². The first-order valence-electron chi connectivity index (χ1n) is 9.44. The minimum atomic E-state index is -0.230. The Hall–Kier alpha value is -2.92. The molecule has 0 bridgehead atoms. The molecule has 0 saturated carbocycles. The number of aromatic amines is 1. The summed E-state index contributed by atoms with van der Waals surface area (Å²) in [6, 6.07) is 18.6. The van der Waals surface area contributed by atoms with Crippen LogP contribution < -0.4 is 5.73 Å².